The maximum Gasteiger partial charge on any atom is 0.156 e. The second-order valence-electron chi connectivity index (χ2n) is 4.77. The third kappa shape index (κ3) is 2.67. The number of nitrogens with one attached hydrogen (secondary N) is 1. The van der Waals surface area contributed by atoms with Crippen molar-refractivity contribution in [2.45, 2.75) is 13.5 Å². The van der Waals surface area contributed by atoms with Crippen molar-refractivity contribution in [1.82, 2.24) is 10.2 Å². The molecule has 0 unspecified atom stereocenters. The van der Waals surface area contributed by atoms with Crippen LogP contribution in [-0.4, -0.2) is 10.2 Å². The molecule has 0 fully saturated rings. The molecule has 0 radical (unpaired) electrons. The van der Waals surface area contributed by atoms with Gasteiger partial charge < -0.3 is 5.32 Å². The molecule has 0 saturated heterocycles. The zero-order valence-corrected chi connectivity index (χ0v) is 11.4. The van der Waals surface area contributed by atoms with E-state index in [4.69, 9.17) is 0 Å². The highest BCUT2D eigenvalue weighted by molar-refractivity contribution is 5.92. The largest absolute Gasteiger partial charge is 0.364 e. The zero-order valence-electron chi connectivity index (χ0n) is 11.4. The molecule has 0 atom stereocenters. The van der Waals surface area contributed by atoms with Crippen LogP contribution in [0, 0.1) is 18.6 Å². The molecule has 3 nitrogen and oxygen atoms in total. The molecule has 2 aromatic carbocycles. The Morgan fingerprint density at radius 1 is 1.00 bits per heavy atom. The van der Waals surface area contributed by atoms with Crippen LogP contribution in [-0.2, 0) is 6.54 Å². The second-order valence-corrected chi connectivity index (χ2v) is 4.77. The Hall–Kier alpha value is -2.56. The van der Waals surface area contributed by atoms with Crippen molar-refractivity contribution in [3.05, 3.63) is 65.4 Å². The molecule has 1 aromatic heterocycles. The van der Waals surface area contributed by atoms with Crippen LogP contribution in [0.25, 0.3) is 10.8 Å². The summed E-state index contributed by atoms with van der Waals surface area (Å²) >= 11 is 0. The van der Waals surface area contributed by atoms with E-state index in [0.29, 0.717) is 5.82 Å². The zero-order chi connectivity index (χ0) is 14.8. The van der Waals surface area contributed by atoms with Crippen molar-refractivity contribution in [1.29, 1.82) is 0 Å². The topological polar surface area (TPSA) is 37.8 Å². The van der Waals surface area contributed by atoms with Crippen LogP contribution in [0.1, 0.15) is 11.3 Å². The molecule has 3 rings (SSSR count). The van der Waals surface area contributed by atoms with E-state index in [-0.39, 0.29) is 12.1 Å². The van der Waals surface area contributed by atoms with Crippen molar-refractivity contribution < 1.29 is 8.78 Å². The molecule has 0 amide bonds. The highest BCUT2D eigenvalue weighted by atomic mass is 19.1. The predicted molar refractivity (Wildman–Crippen MR) is 78.0 cm³/mol. The highest BCUT2D eigenvalue weighted by Gasteiger charge is 2.08. The van der Waals surface area contributed by atoms with Gasteiger partial charge in [0, 0.05) is 22.9 Å². The normalized spacial score (nSPS) is 10.8. The van der Waals surface area contributed by atoms with E-state index in [2.05, 4.69) is 15.5 Å². The van der Waals surface area contributed by atoms with E-state index >= 15 is 0 Å². The van der Waals surface area contributed by atoms with Crippen LogP contribution in [0.4, 0.5) is 14.6 Å². The molecule has 0 spiro atoms. The Morgan fingerprint density at radius 2 is 1.76 bits per heavy atom. The predicted octanol–water partition coefficient (Wildman–Crippen LogP) is 3.83. The molecule has 106 valence electrons. The van der Waals surface area contributed by atoms with Gasteiger partial charge in [0.05, 0.1) is 5.69 Å². The summed E-state index contributed by atoms with van der Waals surface area (Å²) in [6.07, 6.45) is 0. The minimum Gasteiger partial charge on any atom is -0.364 e. The van der Waals surface area contributed by atoms with Crippen LogP contribution in [0.5, 0.6) is 0 Å². The van der Waals surface area contributed by atoms with Crippen molar-refractivity contribution in [2.75, 3.05) is 5.32 Å². The number of nitrogens with zero attached hydrogens (tertiary/aromatic N) is 2. The Balaban J connectivity index is 1.92. The average molecular weight is 285 g/mol. The van der Waals surface area contributed by atoms with Crippen LogP contribution in [0.15, 0.2) is 42.5 Å². The molecule has 1 N–H and O–H groups in total. The molecular formula is C16H13F2N3. The van der Waals surface area contributed by atoms with E-state index in [0.717, 1.165) is 28.6 Å². The Labute approximate surface area is 120 Å². The van der Waals surface area contributed by atoms with Gasteiger partial charge in [-0.15, -0.1) is 5.10 Å². The summed E-state index contributed by atoms with van der Waals surface area (Å²) in [6, 6.07) is 11.1. The van der Waals surface area contributed by atoms with Crippen LogP contribution in [0.3, 0.4) is 0 Å². The highest BCUT2D eigenvalue weighted by Crippen LogP contribution is 2.23. The second kappa shape index (κ2) is 5.44. The van der Waals surface area contributed by atoms with Crippen molar-refractivity contribution in [3.63, 3.8) is 0 Å². The Bertz CT molecular complexity index is 803. The van der Waals surface area contributed by atoms with Crippen LogP contribution < -0.4 is 5.32 Å². The van der Waals surface area contributed by atoms with Gasteiger partial charge in [0.25, 0.3) is 0 Å². The lowest BCUT2D eigenvalue weighted by atomic mass is 10.1. The van der Waals surface area contributed by atoms with Gasteiger partial charge in [-0.2, -0.15) is 5.10 Å². The quantitative estimate of drug-likeness (QED) is 0.794. The molecule has 0 aliphatic carbocycles. The van der Waals surface area contributed by atoms with Gasteiger partial charge in [0.15, 0.2) is 5.82 Å². The van der Waals surface area contributed by atoms with Gasteiger partial charge in [-0.1, -0.05) is 24.3 Å². The summed E-state index contributed by atoms with van der Waals surface area (Å²) in [5, 5.41) is 13.1. The van der Waals surface area contributed by atoms with Gasteiger partial charge >= 0.3 is 0 Å². The number of fused-ring (bicyclic) bond motifs is 1. The number of aromatic nitrogens is 2. The monoisotopic (exact) mass is 285 g/mol. The van der Waals surface area contributed by atoms with Gasteiger partial charge in [0.1, 0.15) is 11.6 Å². The molecule has 5 heteroatoms. The molecule has 3 aromatic rings. The number of hydrogen-bond acceptors (Lipinski definition) is 3. The third-order valence-electron chi connectivity index (χ3n) is 3.33. The first-order valence-corrected chi connectivity index (χ1v) is 6.55. The maximum absolute atomic E-state index is 13.6. The summed E-state index contributed by atoms with van der Waals surface area (Å²) in [5.41, 5.74) is 1.08. The van der Waals surface area contributed by atoms with E-state index < -0.39 is 11.6 Å². The fraction of sp³-hybridized carbons (Fsp3) is 0.125. The third-order valence-corrected chi connectivity index (χ3v) is 3.33. The first-order chi connectivity index (χ1) is 10.1. The van der Waals surface area contributed by atoms with E-state index in [9.17, 15) is 8.78 Å². The van der Waals surface area contributed by atoms with Gasteiger partial charge in [0.2, 0.25) is 0 Å². The lowest BCUT2D eigenvalue weighted by Crippen LogP contribution is -2.06. The number of hydrogen-bond donors (Lipinski definition) is 1. The van der Waals surface area contributed by atoms with Gasteiger partial charge in [-0.3, -0.25) is 0 Å². The minimum atomic E-state index is -0.465. The molecule has 0 aliphatic heterocycles. The number of benzene rings is 2. The summed E-state index contributed by atoms with van der Waals surface area (Å²) in [6.45, 7) is 2.02. The fourth-order valence-corrected chi connectivity index (χ4v) is 2.23. The summed E-state index contributed by atoms with van der Waals surface area (Å²) in [4.78, 5) is 0. The number of anilines is 1. The molecule has 21 heavy (non-hydrogen) atoms. The lowest BCUT2D eigenvalue weighted by Gasteiger charge is -2.10. The fourth-order valence-electron chi connectivity index (χ4n) is 2.23. The van der Waals surface area contributed by atoms with Crippen molar-refractivity contribution in [3.8, 4) is 0 Å². The first-order valence-electron chi connectivity index (χ1n) is 6.55. The van der Waals surface area contributed by atoms with E-state index in [1.54, 1.807) is 0 Å². The average Bonchev–Trinajstić information content (AvgIpc) is 2.50. The molecule has 0 saturated carbocycles. The lowest BCUT2D eigenvalue weighted by molar-refractivity contribution is 0.587. The summed E-state index contributed by atoms with van der Waals surface area (Å²) < 4.78 is 26.8. The Kier molecular flexibility index (Phi) is 3.48. The van der Waals surface area contributed by atoms with Gasteiger partial charge in [-0.25, -0.2) is 8.78 Å². The molecule has 1 heterocycles. The Morgan fingerprint density at radius 3 is 2.57 bits per heavy atom. The van der Waals surface area contributed by atoms with E-state index in [1.807, 2.05) is 31.2 Å². The van der Waals surface area contributed by atoms with Crippen LogP contribution >= 0.6 is 0 Å². The number of halogens is 2. The SMILES string of the molecule is Cc1nnc(NCc2cc(F)ccc2F)c2ccccc12. The number of rotatable bonds is 3. The van der Waals surface area contributed by atoms with E-state index in [1.165, 1.54) is 6.07 Å². The smallest absolute Gasteiger partial charge is 0.156 e. The van der Waals surface area contributed by atoms with Gasteiger partial charge in [-0.05, 0) is 25.1 Å². The standard InChI is InChI=1S/C16H13F2N3/c1-10-13-4-2-3-5-14(13)16(21-20-10)19-9-11-8-12(17)6-7-15(11)18/h2-8H,9H2,1H3,(H,19,21). The van der Waals surface area contributed by atoms with Crippen molar-refractivity contribution >= 4 is 16.6 Å². The molecular weight excluding hydrogens is 272 g/mol. The summed E-state index contributed by atoms with van der Waals surface area (Å²) in [7, 11) is 0. The maximum atomic E-state index is 13.6. The first kappa shape index (κ1) is 13.4. The van der Waals surface area contributed by atoms with Crippen LogP contribution in [0.2, 0.25) is 0 Å². The number of aryl methyl sites for hydroxylation is 1. The summed E-state index contributed by atoms with van der Waals surface area (Å²) in [5.74, 6) is -0.360. The van der Waals surface area contributed by atoms with Crippen molar-refractivity contribution in [2.24, 2.45) is 0 Å². The molecule has 0 aliphatic rings. The molecule has 0 bridgehead atoms. The minimum absolute atomic E-state index is 0.144.